The van der Waals surface area contributed by atoms with Crippen LogP contribution in [0.2, 0.25) is 0 Å². The Bertz CT molecular complexity index is 836. The molecule has 0 fully saturated rings. The third-order valence-electron chi connectivity index (χ3n) is 4.09. The lowest BCUT2D eigenvalue weighted by atomic mass is 10.2. The van der Waals surface area contributed by atoms with Crippen molar-refractivity contribution in [1.82, 2.24) is 9.97 Å². The van der Waals surface area contributed by atoms with Crippen molar-refractivity contribution in [2.45, 2.75) is 26.4 Å². The number of hydrogen-bond donors (Lipinski definition) is 1. The third-order valence-corrected chi connectivity index (χ3v) is 4.09. The van der Waals surface area contributed by atoms with Gasteiger partial charge in [0.1, 0.15) is 11.6 Å². The van der Waals surface area contributed by atoms with Crippen LogP contribution in [0.5, 0.6) is 5.75 Å². The molecule has 26 heavy (non-hydrogen) atoms. The van der Waals surface area contributed by atoms with Gasteiger partial charge in [-0.25, -0.2) is 4.98 Å². The average Bonchev–Trinajstić information content (AvgIpc) is 2.67. The fourth-order valence-electron chi connectivity index (χ4n) is 2.71. The summed E-state index contributed by atoms with van der Waals surface area (Å²) in [5, 5.41) is 3.32. The molecule has 1 N–H and O–H groups in total. The molecule has 3 aromatic rings. The van der Waals surface area contributed by atoms with E-state index in [4.69, 9.17) is 9.72 Å². The molecule has 0 saturated heterocycles. The molecule has 0 spiro atoms. The normalized spacial score (nSPS) is 10.6. The highest BCUT2D eigenvalue weighted by Gasteiger charge is 2.15. The van der Waals surface area contributed by atoms with Gasteiger partial charge in [0, 0.05) is 18.8 Å². The summed E-state index contributed by atoms with van der Waals surface area (Å²) in [6.07, 6.45) is 1.78. The number of benzene rings is 2. The Hall–Kier alpha value is -3.08. The van der Waals surface area contributed by atoms with Crippen LogP contribution in [-0.2, 0) is 6.54 Å². The number of nitrogens with zero attached hydrogens (tertiary/aromatic N) is 3. The van der Waals surface area contributed by atoms with Crippen LogP contribution in [-0.4, -0.2) is 23.1 Å². The van der Waals surface area contributed by atoms with Crippen molar-refractivity contribution >= 4 is 17.5 Å². The summed E-state index contributed by atoms with van der Waals surface area (Å²) in [5.41, 5.74) is 2.10. The molecule has 3 rings (SSSR count). The van der Waals surface area contributed by atoms with Crippen molar-refractivity contribution in [2.75, 3.05) is 17.3 Å². The number of ether oxygens (including phenoxy) is 1. The topological polar surface area (TPSA) is 50.3 Å². The molecule has 5 nitrogen and oxygen atoms in total. The number of nitrogens with one attached hydrogen (secondary N) is 1. The van der Waals surface area contributed by atoms with Gasteiger partial charge in [-0.3, -0.25) is 0 Å². The Labute approximate surface area is 154 Å². The highest BCUT2D eigenvalue weighted by molar-refractivity contribution is 5.64. The first kappa shape index (κ1) is 17.7. The van der Waals surface area contributed by atoms with Crippen molar-refractivity contribution in [3.63, 3.8) is 0 Å². The van der Waals surface area contributed by atoms with Crippen LogP contribution in [0.15, 0.2) is 66.9 Å². The zero-order chi connectivity index (χ0) is 18.4. The van der Waals surface area contributed by atoms with E-state index in [0.717, 1.165) is 23.8 Å². The molecule has 0 saturated carbocycles. The maximum absolute atomic E-state index is 5.40. The van der Waals surface area contributed by atoms with Crippen molar-refractivity contribution in [3.8, 4) is 5.75 Å². The highest BCUT2D eigenvalue weighted by Crippen LogP contribution is 2.27. The predicted octanol–water partition coefficient (Wildman–Crippen LogP) is 4.64. The Morgan fingerprint density at radius 2 is 1.73 bits per heavy atom. The van der Waals surface area contributed by atoms with Gasteiger partial charge in [0.25, 0.3) is 0 Å². The van der Waals surface area contributed by atoms with E-state index < -0.39 is 0 Å². The molecule has 0 amide bonds. The number of anilines is 3. The van der Waals surface area contributed by atoms with E-state index >= 15 is 0 Å². The van der Waals surface area contributed by atoms with Crippen molar-refractivity contribution in [3.05, 3.63) is 72.4 Å². The lowest BCUT2D eigenvalue weighted by molar-refractivity contribution is 0.417. The molecule has 134 valence electrons. The molecular formula is C21H24N4O. The van der Waals surface area contributed by atoms with Crippen molar-refractivity contribution < 1.29 is 4.74 Å². The lowest BCUT2D eigenvalue weighted by Crippen LogP contribution is -2.31. The second kappa shape index (κ2) is 8.34. The van der Waals surface area contributed by atoms with E-state index in [1.165, 1.54) is 5.56 Å². The fraction of sp³-hybridized carbons (Fsp3) is 0.238. The molecule has 0 aliphatic heterocycles. The number of aromatic nitrogens is 2. The van der Waals surface area contributed by atoms with Crippen LogP contribution in [0.4, 0.5) is 17.5 Å². The Kier molecular flexibility index (Phi) is 5.69. The number of para-hydroxylation sites is 2. The molecule has 1 heterocycles. The van der Waals surface area contributed by atoms with Crippen LogP contribution >= 0.6 is 0 Å². The van der Waals surface area contributed by atoms with Gasteiger partial charge in [-0.2, -0.15) is 4.98 Å². The summed E-state index contributed by atoms with van der Waals surface area (Å²) in [6.45, 7) is 5.05. The van der Waals surface area contributed by atoms with Gasteiger partial charge >= 0.3 is 0 Å². The van der Waals surface area contributed by atoms with Gasteiger partial charge in [0.05, 0.1) is 12.8 Å². The average molecular weight is 348 g/mol. The molecule has 0 aliphatic carbocycles. The first-order valence-corrected chi connectivity index (χ1v) is 8.71. The smallest absolute Gasteiger partial charge is 0.227 e. The molecule has 1 aromatic heterocycles. The molecule has 0 atom stereocenters. The summed E-state index contributed by atoms with van der Waals surface area (Å²) < 4.78 is 5.40. The van der Waals surface area contributed by atoms with Crippen LogP contribution < -0.4 is 15.0 Å². The van der Waals surface area contributed by atoms with E-state index in [9.17, 15) is 0 Å². The molecule has 0 unspecified atom stereocenters. The zero-order valence-electron chi connectivity index (χ0n) is 15.4. The van der Waals surface area contributed by atoms with Crippen molar-refractivity contribution in [1.29, 1.82) is 0 Å². The second-order valence-corrected chi connectivity index (χ2v) is 6.27. The summed E-state index contributed by atoms with van der Waals surface area (Å²) in [5.74, 6) is 2.21. The number of hydrogen-bond acceptors (Lipinski definition) is 5. The van der Waals surface area contributed by atoms with Crippen LogP contribution in [0, 0.1) is 0 Å². The van der Waals surface area contributed by atoms with Gasteiger partial charge in [-0.15, -0.1) is 0 Å². The highest BCUT2D eigenvalue weighted by atomic mass is 16.5. The summed E-state index contributed by atoms with van der Waals surface area (Å²) >= 11 is 0. The van der Waals surface area contributed by atoms with E-state index in [2.05, 4.69) is 41.2 Å². The van der Waals surface area contributed by atoms with Crippen LogP contribution in [0.1, 0.15) is 19.4 Å². The monoisotopic (exact) mass is 348 g/mol. The molecule has 5 heteroatoms. The standard InChI is InChI=1S/C21H24N4O/c1-16(2)25(15-17-9-5-4-6-10-17)21-22-14-13-20(24-21)23-18-11-7-8-12-19(18)26-3/h4-14,16H,15H2,1-3H3,(H,22,23,24). The molecule has 0 radical (unpaired) electrons. The second-order valence-electron chi connectivity index (χ2n) is 6.27. The molecular weight excluding hydrogens is 324 g/mol. The van der Waals surface area contributed by atoms with E-state index in [1.54, 1.807) is 13.3 Å². The third kappa shape index (κ3) is 4.30. The Morgan fingerprint density at radius 3 is 2.46 bits per heavy atom. The van der Waals surface area contributed by atoms with E-state index in [-0.39, 0.29) is 6.04 Å². The van der Waals surface area contributed by atoms with Crippen LogP contribution in [0.25, 0.3) is 0 Å². The largest absolute Gasteiger partial charge is 0.495 e. The summed E-state index contributed by atoms with van der Waals surface area (Å²) in [6, 6.07) is 20.3. The SMILES string of the molecule is COc1ccccc1Nc1ccnc(N(Cc2ccccc2)C(C)C)n1. The van der Waals surface area contributed by atoms with Gasteiger partial charge in [-0.1, -0.05) is 42.5 Å². The van der Waals surface area contributed by atoms with Gasteiger partial charge in [0.2, 0.25) is 5.95 Å². The van der Waals surface area contributed by atoms with Crippen molar-refractivity contribution in [2.24, 2.45) is 0 Å². The minimum absolute atomic E-state index is 0.275. The molecule has 2 aromatic carbocycles. The maximum atomic E-state index is 5.40. The maximum Gasteiger partial charge on any atom is 0.227 e. The van der Waals surface area contributed by atoms with Crippen LogP contribution in [0.3, 0.4) is 0 Å². The van der Waals surface area contributed by atoms with Gasteiger partial charge in [0.15, 0.2) is 0 Å². The predicted molar refractivity (Wildman–Crippen MR) is 106 cm³/mol. The Morgan fingerprint density at radius 1 is 1.00 bits per heavy atom. The first-order valence-electron chi connectivity index (χ1n) is 8.71. The summed E-state index contributed by atoms with van der Waals surface area (Å²) in [4.78, 5) is 11.4. The van der Waals surface area contributed by atoms with Gasteiger partial charge < -0.3 is 15.0 Å². The Balaban J connectivity index is 1.84. The zero-order valence-corrected chi connectivity index (χ0v) is 15.4. The summed E-state index contributed by atoms with van der Waals surface area (Å²) in [7, 11) is 1.66. The van der Waals surface area contributed by atoms with Gasteiger partial charge in [-0.05, 0) is 37.6 Å². The quantitative estimate of drug-likeness (QED) is 0.674. The minimum Gasteiger partial charge on any atom is -0.495 e. The first-order chi connectivity index (χ1) is 12.7. The number of rotatable bonds is 7. The molecule has 0 aliphatic rings. The van der Waals surface area contributed by atoms with E-state index in [1.807, 2.05) is 48.5 Å². The van der Waals surface area contributed by atoms with E-state index in [0.29, 0.717) is 5.95 Å². The fourth-order valence-corrected chi connectivity index (χ4v) is 2.71. The number of methoxy groups -OCH3 is 1. The minimum atomic E-state index is 0.275. The lowest BCUT2D eigenvalue weighted by Gasteiger charge is -2.27. The molecule has 0 bridgehead atoms.